The lowest BCUT2D eigenvalue weighted by molar-refractivity contribution is 0.559. The number of fused-ring (bicyclic) bond motifs is 2. The van der Waals surface area contributed by atoms with Crippen LogP contribution in [-0.2, 0) is 12.3 Å². The zero-order valence-electron chi connectivity index (χ0n) is 17.6. The first-order valence-electron chi connectivity index (χ1n) is 10.1. The van der Waals surface area contributed by atoms with Crippen LogP contribution in [0, 0.1) is 6.92 Å². The second-order valence-corrected chi connectivity index (χ2v) is 8.64. The molecule has 2 heterocycles. The van der Waals surface area contributed by atoms with Gasteiger partial charge in [0, 0.05) is 23.8 Å². The van der Waals surface area contributed by atoms with Crippen LogP contribution in [0.15, 0.2) is 61.6 Å². The molecule has 0 aliphatic heterocycles. The minimum atomic E-state index is -0.367. The molecule has 2 aromatic carbocycles. The lowest BCUT2D eigenvalue weighted by atomic mass is 9.95. The van der Waals surface area contributed by atoms with Crippen LogP contribution in [0.3, 0.4) is 0 Å². The fraction of sp³-hybridized carbons (Fsp3) is 0.292. The van der Waals surface area contributed by atoms with Crippen molar-refractivity contribution in [2.24, 2.45) is 0 Å². The fourth-order valence-electron chi connectivity index (χ4n) is 3.81. The van der Waals surface area contributed by atoms with E-state index in [9.17, 15) is 9.59 Å². The zero-order chi connectivity index (χ0) is 21.4. The zero-order valence-corrected chi connectivity index (χ0v) is 18.4. The van der Waals surface area contributed by atoms with Gasteiger partial charge in [-0.1, -0.05) is 37.7 Å². The Morgan fingerprint density at radius 1 is 1.10 bits per heavy atom. The van der Waals surface area contributed by atoms with E-state index in [-0.39, 0.29) is 11.2 Å². The third-order valence-electron chi connectivity index (χ3n) is 5.34. The number of para-hydroxylation sites is 1. The molecule has 0 radical (unpaired) electrons. The molecule has 4 rings (SSSR count). The molecule has 2 aromatic heterocycles. The van der Waals surface area contributed by atoms with Gasteiger partial charge in [-0.25, -0.2) is 9.78 Å². The van der Waals surface area contributed by atoms with Gasteiger partial charge in [0.2, 0.25) is 0 Å². The van der Waals surface area contributed by atoms with Crippen LogP contribution in [0.5, 0.6) is 0 Å². The Bertz CT molecular complexity index is 1370. The van der Waals surface area contributed by atoms with Crippen molar-refractivity contribution in [1.29, 1.82) is 0 Å². The smallest absolute Gasteiger partial charge is 0.336 e. The molecule has 0 saturated carbocycles. The van der Waals surface area contributed by atoms with Crippen LogP contribution in [-0.4, -0.2) is 9.55 Å². The number of rotatable bonds is 5. The van der Waals surface area contributed by atoms with E-state index < -0.39 is 0 Å². The lowest BCUT2D eigenvalue weighted by Gasteiger charge is -2.14. The van der Waals surface area contributed by atoms with Crippen molar-refractivity contribution in [1.82, 2.24) is 9.55 Å². The van der Waals surface area contributed by atoms with Gasteiger partial charge in [0.25, 0.3) is 5.56 Å². The minimum absolute atomic E-state index is 0.0410. The molecule has 30 heavy (non-hydrogen) atoms. The SMILES string of the molecule is CCn1c(SCc2cc(=O)oc3cc(C)c(C(C)C)cc23)nc2ccccc2c1=O. The molecule has 0 atom stereocenters. The molecule has 154 valence electrons. The van der Waals surface area contributed by atoms with Gasteiger partial charge < -0.3 is 4.42 Å². The normalized spacial score (nSPS) is 11.6. The molecule has 4 aromatic rings. The summed E-state index contributed by atoms with van der Waals surface area (Å²) in [4.78, 5) is 29.7. The summed E-state index contributed by atoms with van der Waals surface area (Å²) in [5, 5.41) is 2.20. The third kappa shape index (κ3) is 3.67. The maximum Gasteiger partial charge on any atom is 0.336 e. The van der Waals surface area contributed by atoms with Crippen LogP contribution in [0.2, 0.25) is 0 Å². The predicted molar refractivity (Wildman–Crippen MR) is 123 cm³/mol. The second kappa shape index (κ2) is 8.11. The van der Waals surface area contributed by atoms with Gasteiger partial charge in [-0.3, -0.25) is 9.36 Å². The predicted octanol–water partition coefficient (Wildman–Crippen LogP) is 5.25. The molecular formula is C24H24N2O3S. The van der Waals surface area contributed by atoms with Crippen molar-refractivity contribution >= 4 is 33.6 Å². The van der Waals surface area contributed by atoms with Gasteiger partial charge in [0.15, 0.2) is 5.16 Å². The van der Waals surface area contributed by atoms with Crippen molar-refractivity contribution < 1.29 is 4.42 Å². The van der Waals surface area contributed by atoms with Gasteiger partial charge >= 0.3 is 5.63 Å². The largest absolute Gasteiger partial charge is 0.423 e. The van der Waals surface area contributed by atoms with Crippen LogP contribution in [0.1, 0.15) is 43.4 Å². The summed E-state index contributed by atoms with van der Waals surface area (Å²) in [7, 11) is 0. The molecule has 0 N–H and O–H groups in total. The number of benzene rings is 2. The molecule has 0 spiro atoms. The first-order valence-corrected chi connectivity index (χ1v) is 11.1. The average molecular weight is 421 g/mol. The Morgan fingerprint density at radius 3 is 2.60 bits per heavy atom. The van der Waals surface area contributed by atoms with Crippen molar-refractivity contribution in [2.45, 2.75) is 51.1 Å². The first kappa shape index (κ1) is 20.4. The highest BCUT2D eigenvalue weighted by atomic mass is 32.2. The Hall–Kier alpha value is -2.86. The highest BCUT2D eigenvalue weighted by Crippen LogP contribution is 2.30. The third-order valence-corrected chi connectivity index (χ3v) is 6.36. The van der Waals surface area contributed by atoms with Gasteiger partial charge in [-0.05, 0) is 60.7 Å². The van der Waals surface area contributed by atoms with Crippen molar-refractivity contribution in [3.8, 4) is 0 Å². The van der Waals surface area contributed by atoms with Crippen LogP contribution >= 0.6 is 11.8 Å². The summed E-state index contributed by atoms with van der Waals surface area (Å²) in [5.41, 5.74) is 4.11. The minimum Gasteiger partial charge on any atom is -0.423 e. The maximum atomic E-state index is 12.9. The molecule has 0 bridgehead atoms. The second-order valence-electron chi connectivity index (χ2n) is 7.70. The van der Waals surface area contributed by atoms with Gasteiger partial charge in [-0.15, -0.1) is 0 Å². The van der Waals surface area contributed by atoms with E-state index in [1.54, 1.807) is 16.7 Å². The first-order chi connectivity index (χ1) is 14.4. The average Bonchev–Trinajstić information content (AvgIpc) is 2.71. The Labute approximate surface area is 178 Å². The Kier molecular flexibility index (Phi) is 5.52. The highest BCUT2D eigenvalue weighted by Gasteiger charge is 2.14. The molecule has 0 amide bonds. The van der Waals surface area contributed by atoms with Crippen molar-refractivity contribution in [2.75, 3.05) is 0 Å². The number of nitrogens with zero attached hydrogens (tertiary/aromatic N) is 2. The number of hydrogen-bond acceptors (Lipinski definition) is 5. The van der Waals surface area contributed by atoms with Gasteiger partial charge in [-0.2, -0.15) is 0 Å². The molecule has 0 saturated heterocycles. The van der Waals surface area contributed by atoms with E-state index in [1.165, 1.54) is 17.3 Å². The lowest BCUT2D eigenvalue weighted by Crippen LogP contribution is -2.22. The molecular weight excluding hydrogens is 396 g/mol. The van der Waals surface area contributed by atoms with Gasteiger partial charge in [0.05, 0.1) is 10.9 Å². The van der Waals surface area contributed by atoms with Crippen LogP contribution in [0.4, 0.5) is 0 Å². The molecule has 0 aliphatic rings. The summed E-state index contributed by atoms with van der Waals surface area (Å²) in [6.07, 6.45) is 0. The summed E-state index contributed by atoms with van der Waals surface area (Å²) >= 11 is 1.47. The number of aryl methyl sites for hydroxylation is 1. The summed E-state index contributed by atoms with van der Waals surface area (Å²) in [6.45, 7) is 8.82. The monoisotopic (exact) mass is 420 g/mol. The van der Waals surface area contributed by atoms with E-state index in [4.69, 9.17) is 9.40 Å². The van der Waals surface area contributed by atoms with Crippen LogP contribution in [0.25, 0.3) is 21.9 Å². The van der Waals surface area contributed by atoms with E-state index in [2.05, 4.69) is 19.9 Å². The number of thioether (sulfide) groups is 1. The van der Waals surface area contributed by atoms with Crippen molar-refractivity contribution in [3.63, 3.8) is 0 Å². The summed E-state index contributed by atoms with van der Waals surface area (Å²) < 4.78 is 7.14. The molecule has 0 unspecified atom stereocenters. The molecule has 6 heteroatoms. The number of hydrogen-bond donors (Lipinski definition) is 0. The Balaban J connectivity index is 1.80. The number of aromatic nitrogens is 2. The molecule has 0 aliphatic carbocycles. The highest BCUT2D eigenvalue weighted by molar-refractivity contribution is 7.98. The van der Waals surface area contributed by atoms with E-state index in [0.29, 0.717) is 39.9 Å². The topological polar surface area (TPSA) is 65.1 Å². The van der Waals surface area contributed by atoms with Crippen molar-refractivity contribution in [3.05, 3.63) is 79.9 Å². The summed E-state index contributed by atoms with van der Waals surface area (Å²) in [5.74, 6) is 0.891. The molecule has 5 nitrogen and oxygen atoms in total. The standard InChI is InChI=1S/C24H24N2O3S/c1-5-26-23(28)17-8-6-7-9-20(17)25-24(26)30-13-16-11-22(27)29-21-10-15(4)18(14(2)3)12-19(16)21/h6-12,14H,5,13H2,1-4H3. The van der Waals surface area contributed by atoms with E-state index in [0.717, 1.165) is 16.5 Å². The maximum absolute atomic E-state index is 12.9. The van der Waals surface area contributed by atoms with Gasteiger partial charge in [0.1, 0.15) is 5.58 Å². The van der Waals surface area contributed by atoms with E-state index in [1.807, 2.05) is 38.1 Å². The van der Waals surface area contributed by atoms with Crippen LogP contribution < -0.4 is 11.2 Å². The quantitative estimate of drug-likeness (QED) is 0.251. The van der Waals surface area contributed by atoms with E-state index >= 15 is 0 Å². The summed E-state index contributed by atoms with van der Waals surface area (Å²) in [6, 6.07) is 13.0. The molecule has 0 fully saturated rings. The Morgan fingerprint density at radius 2 is 1.87 bits per heavy atom. The fourth-order valence-corrected chi connectivity index (χ4v) is 4.87.